The highest BCUT2D eigenvalue weighted by molar-refractivity contribution is 5.77. The summed E-state index contributed by atoms with van der Waals surface area (Å²) in [6.07, 6.45) is 8.09. The Labute approximate surface area is 234 Å². The number of fused-ring (bicyclic) bond motifs is 9. The molecule has 3 N–H and O–H groups in total. The van der Waals surface area contributed by atoms with Gasteiger partial charge < -0.3 is 24.8 Å². The van der Waals surface area contributed by atoms with Crippen molar-refractivity contribution in [2.24, 2.45) is 50.7 Å². The van der Waals surface area contributed by atoms with Gasteiger partial charge in [-0.15, -0.1) is 0 Å². The van der Waals surface area contributed by atoms with E-state index in [1.54, 1.807) is 0 Å². The van der Waals surface area contributed by atoms with Crippen LogP contribution in [0.1, 0.15) is 107 Å². The lowest BCUT2D eigenvalue weighted by atomic mass is 9.33. The predicted molar refractivity (Wildman–Crippen MR) is 149 cm³/mol. The Morgan fingerprint density at radius 3 is 2.31 bits per heavy atom. The smallest absolute Gasteiger partial charge is 0.310 e. The number of aliphatic carboxylic acids is 1. The van der Waals surface area contributed by atoms with Crippen molar-refractivity contribution in [2.45, 2.75) is 130 Å². The van der Waals surface area contributed by atoms with Crippen LogP contribution in [0.25, 0.3) is 0 Å². The van der Waals surface area contributed by atoms with E-state index in [2.05, 4.69) is 40.7 Å². The maximum absolute atomic E-state index is 12.9. The van der Waals surface area contributed by atoms with Crippen LogP contribution in [0.4, 0.5) is 0 Å². The molecule has 0 aromatic heterocycles. The molecule has 39 heavy (non-hydrogen) atoms. The number of hydrogen-bond acceptors (Lipinski definition) is 5. The SMILES string of the molecule is CC1CC[C@]2(C(=O)O)CC[C@]3(C)C(=CC[C@@H]4[C@@]5(C)CC(O)C6OC(C)(C)OC[C@@]6(C)[C@@H]5CC[C@]43C)[C@@H]2[C@]1(C)O. The molecule has 4 saturated carbocycles. The van der Waals surface area contributed by atoms with Crippen molar-refractivity contribution in [1.29, 1.82) is 0 Å². The van der Waals surface area contributed by atoms with E-state index in [1.165, 1.54) is 5.57 Å². The van der Waals surface area contributed by atoms with Gasteiger partial charge in [0, 0.05) is 11.3 Å². The summed E-state index contributed by atoms with van der Waals surface area (Å²) in [7, 11) is 0. The second-order valence-corrected chi connectivity index (χ2v) is 16.4. The normalized spacial score (nSPS) is 58.1. The van der Waals surface area contributed by atoms with E-state index < -0.39 is 28.9 Å². The fourth-order valence-electron chi connectivity index (χ4n) is 11.8. The van der Waals surface area contributed by atoms with Crippen molar-refractivity contribution in [3.8, 4) is 0 Å². The van der Waals surface area contributed by atoms with Crippen LogP contribution in [0.15, 0.2) is 11.6 Å². The fraction of sp³-hybridized carbons (Fsp3) is 0.909. The van der Waals surface area contributed by atoms with Gasteiger partial charge >= 0.3 is 5.97 Å². The number of carbonyl (C=O) groups is 1. The maximum Gasteiger partial charge on any atom is 0.310 e. The zero-order chi connectivity index (χ0) is 28.6. The minimum Gasteiger partial charge on any atom is -0.481 e. The van der Waals surface area contributed by atoms with Gasteiger partial charge in [0.05, 0.1) is 29.8 Å². The van der Waals surface area contributed by atoms with E-state index >= 15 is 0 Å². The van der Waals surface area contributed by atoms with Gasteiger partial charge in [-0.05, 0) is 106 Å². The van der Waals surface area contributed by atoms with E-state index in [0.29, 0.717) is 37.7 Å². The van der Waals surface area contributed by atoms with Gasteiger partial charge in [-0.1, -0.05) is 46.3 Å². The summed E-state index contributed by atoms with van der Waals surface area (Å²) >= 11 is 0. The number of ether oxygens (including phenoxy) is 2. The molecular formula is C33H52O6. The summed E-state index contributed by atoms with van der Waals surface area (Å²) in [6, 6.07) is 0. The standard InChI is InChI=1S/C33H52O6/c1-19-11-14-33(26(35)36)16-15-30(6)20(24(33)32(19,8)37)9-10-23-28(4)17-21(34)25-29(5,18-38-27(2,3)39-25)22(28)12-13-31(23,30)7/h9,19,21-25,34,37H,10-18H2,1-8H3,(H,35,36)/t19?,21?,22-,23-,24-,25?,28+,29+,30-,31-,32-,33+/m1/s1. The van der Waals surface area contributed by atoms with Gasteiger partial charge in [-0.3, -0.25) is 4.79 Å². The Morgan fingerprint density at radius 2 is 1.64 bits per heavy atom. The zero-order valence-electron chi connectivity index (χ0n) is 25.5. The molecule has 5 aliphatic carbocycles. The molecule has 5 fully saturated rings. The van der Waals surface area contributed by atoms with Crippen molar-refractivity contribution < 1.29 is 29.6 Å². The van der Waals surface area contributed by atoms with Crippen molar-refractivity contribution in [3.05, 3.63) is 11.6 Å². The molecule has 0 radical (unpaired) electrons. The molecule has 6 nitrogen and oxygen atoms in total. The molecule has 0 spiro atoms. The minimum atomic E-state index is -1.06. The summed E-state index contributed by atoms with van der Waals surface area (Å²) in [5.41, 5.74) is -1.35. The van der Waals surface area contributed by atoms with Gasteiger partial charge in [0.2, 0.25) is 0 Å². The van der Waals surface area contributed by atoms with Crippen molar-refractivity contribution in [3.63, 3.8) is 0 Å². The minimum absolute atomic E-state index is 0.0532. The summed E-state index contributed by atoms with van der Waals surface area (Å²) in [5.74, 6) is -1.02. The second kappa shape index (κ2) is 8.11. The third kappa shape index (κ3) is 3.32. The third-order valence-corrected chi connectivity index (χ3v) is 14.3. The first kappa shape index (κ1) is 28.2. The third-order valence-electron chi connectivity index (χ3n) is 14.3. The lowest BCUT2D eigenvalue weighted by Crippen LogP contribution is -2.71. The van der Waals surface area contributed by atoms with E-state index in [1.807, 2.05) is 20.8 Å². The first-order chi connectivity index (χ1) is 17.9. The Balaban J connectivity index is 1.44. The number of hydrogen-bond donors (Lipinski definition) is 3. The van der Waals surface area contributed by atoms with Crippen molar-refractivity contribution >= 4 is 5.97 Å². The van der Waals surface area contributed by atoms with Crippen LogP contribution >= 0.6 is 0 Å². The molecule has 220 valence electrons. The average molecular weight is 545 g/mol. The molecule has 6 aliphatic rings. The fourth-order valence-corrected chi connectivity index (χ4v) is 11.8. The molecule has 3 unspecified atom stereocenters. The number of aliphatic hydroxyl groups is 2. The summed E-state index contributed by atoms with van der Waals surface area (Å²) in [4.78, 5) is 12.9. The number of aliphatic hydroxyl groups excluding tert-OH is 1. The number of rotatable bonds is 1. The Morgan fingerprint density at radius 1 is 0.949 bits per heavy atom. The van der Waals surface area contributed by atoms with Crippen molar-refractivity contribution in [1.82, 2.24) is 0 Å². The highest BCUT2D eigenvalue weighted by Crippen LogP contribution is 2.76. The maximum atomic E-state index is 12.9. The Bertz CT molecular complexity index is 1100. The first-order valence-corrected chi connectivity index (χ1v) is 15.6. The number of allylic oxidation sites excluding steroid dienone is 1. The molecule has 0 aromatic rings. The van der Waals surface area contributed by atoms with E-state index in [0.717, 1.165) is 32.1 Å². The van der Waals surface area contributed by atoms with Gasteiger partial charge in [0.15, 0.2) is 5.79 Å². The van der Waals surface area contributed by atoms with Crippen LogP contribution in [0.5, 0.6) is 0 Å². The van der Waals surface area contributed by atoms with E-state index in [-0.39, 0.29) is 39.6 Å². The topological polar surface area (TPSA) is 96.2 Å². The summed E-state index contributed by atoms with van der Waals surface area (Å²) in [6.45, 7) is 18.0. The first-order valence-electron chi connectivity index (χ1n) is 15.6. The van der Waals surface area contributed by atoms with Gasteiger partial charge in [0.1, 0.15) is 0 Å². The highest BCUT2D eigenvalue weighted by atomic mass is 16.7. The summed E-state index contributed by atoms with van der Waals surface area (Å²) < 4.78 is 12.7. The lowest BCUT2D eigenvalue weighted by Gasteiger charge is -2.73. The monoisotopic (exact) mass is 544 g/mol. The molecule has 12 atom stereocenters. The highest BCUT2D eigenvalue weighted by Gasteiger charge is 2.73. The number of carboxylic acids is 1. The van der Waals surface area contributed by atoms with Crippen LogP contribution in [0.2, 0.25) is 0 Å². The van der Waals surface area contributed by atoms with E-state index in [9.17, 15) is 20.1 Å². The van der Waals surface area contributed by atoms with Gasteiger partial charge in [0.25, 0.3) is 0 Å². The molecule has 1 aliphatic heterocycles. The molecule has 1 heterocycles. The lowest BCUT2D eigenvalue weighted by molar-refractivity contribution is -0.368. The Hall–Kier alpha value is -0.950. The average Bonchev–Trinajstić information content (AvgIpc) is 2.83. The molecule has 0 bridgehead atoms. The van der Waals surface area contributed by atoms with Gasteiger partial charge in [-0.25, -0.2) is 0 Å². The molecular weight excluding hydrogens is 492 g/mol. The van der Waals surface area contributed by atoms with Crippen LogP contribution in [-0.2, 0) is 14.3 Å². The summed E-state index contributed by atoms with van der Waals surface area (Å²) in [5, 5.41) is 34.3. The van der Waals surface area contributed by atoms with E-state index in [4.69, 9.17) is 9.47 Å². The quantitative estimate of drug-likeness (QED) is 0.353. The van der Waals surface area contributed by atoms with Crippen LogP contribution < -0.4 is 0 Å². The van der Waals surface area contributed by atoms with Crippen LogP contribution in [0, 0.1) is 50.7 Å². The second-order valence-electron chi connectivity index (χ2n) is 16.4. The predicted octanol–water partition coefficient (Wildman–Crippen LogP) is 5.95. The zero-order valence-corrected chi connectivity index (χ0v) is 25.5. The van der Waals surface area contributed by atoms with Crippen molar-refractivity contribution in [2.75, 3.05) is 6.61 Å². The van der Waals surface area contributed by atoms with Gasteiger partial charge in [-0.2, -0.15) is 0 Å². The molecule has 6 heteroatoms. The Kier molecular flexibility index (Phi) is 5.86. The van der Waals surface area contributed by atoms with Crippen LogP contribution in [0.3, 0.4) is 0 Å². The number of carboxylic acid groups (broad SMARTS) is 1. The molecule has 1 saturated heterocycles. The molecule has 0 amide bonds. The van der Waals surface area contributed by atoms with Crippen LogP contribution in [-0.4, -0.2) is 51.5 Å². The largest absolute Gasteiger partial charge is 0.481 e. The molecule has 6 rings (SSSR count). The molecule has 0 aromatic carbocycles.